The molecule has 2 aromatic carbocycles. The zero-order chi connectivity index (χ0) is 27.7. The van der Waals surface area contributed by atoms with Crippen molar-refractivity contribution in [1.82, 2.24) is 25.2 Å². The van der Waals surface area contributed by atoms with Crippen molar-refractivity contribution in [2.45, 2.75) is 23.8 Å². The molecule has 3 heterocycles. The summed E-state index contributed by atoms with van der Waals surface area (Å²) in [6.45, 7) is 0. The fraction of sp³-hybridized carbons (Fsp3) is 0.143. The quantitative estimate of drug-likeness (QED) is 0.181. The van der Waals surface area contributed by atoms with Gasteiger partial charge in [-0.15, -0.1) is 0 Å². The summed E-state index contributed by atoms with van der Waals surface area (Å²) in [7, 11) is -3.39. The van der Waals surface area contributed by atoms with Gasteiger partial charge >= 0.3 is 6.03 Å². The summed E-state index contributed by atoms with van der Waals surface area (Å²) < 4.78 is 26.6. The molecule has 40 heavy (non-hydrogen) atoms. The Morgan fingerprint density at radius 3 is 2.50 bits per heavy atom. The van der Waals surface area contributed by atoms with Crippen molar-refractivity contribution in [3.05, 3.63) is 89.8 Å². The van der Waals surface area contributed by atoms with Gasteiger partial charge < -0.3 is 16.0 Å². The number of rotatable bonds is 9. The van der Waals surface area contributed by atoms with Gasteiger partial charge in [0.2, 0.25) is 0 Å². The van der Waals surface area contributed by atoms with E-state index in [1.54, 1.807) is 59.3 Å². The Bertz CT molecular complexity index is 1770. The van der Waals surface area contributed by atoms with Crippen LogP contribution in [0.25, 0.3) is 17.8 Å². The third kappa shape index (κ3) is 5.57. The molecule has 6 rings (SSSR count). The van der Waals surface area contributed by atoms with Gasteiger partial charge in [0, 0.05) is 23.4 Å². The number of aromatic nitrogens is 3. The molecule has 2 fully saturated rings. The van der Waals surface area contributed by atoms with E-state index >= 15 is 0 Å². The number of nitrogens with one attached hydrogen (secondary N) is 4. The van der Waals surface area contributed by atoms with E-state index < -0.39 is 21.8 Å². The highest BCUT2D eigenvalue weighted by Gasteiger charge is 2.25. The summed E-state index contributed by atoms with van der Waals surface area (Å²) in [6.07, 6.45) is 8.68. The molecule has 1 aliphatic carbocycles. The van der Waals surface area contributed by atoms with Gasteiger partial charge in [-0.25, -0.2) is 18.2 Å². The van der Waals surface area contributed by atoms with Crippen molar-refractivity contribution in [2.75, 3.05) is 16.4 Å². The van der Waals surface area contributed by atoms with E-state index in [1.165, 1.54) is 0 Å². The minimum atomic E-state index is -3.39. The molecule has 4 N–H and O–H groups in total. The molecule has 3 amide bonds. The Morgan fingerprint density at radius 2 is 1.80 bits per heavy atom. The predicted molar refractivity (Wildman–Crippen MR) is 152 cm³/mol. The third-order valence-electron chi connectivity index (χ3n) is 6.36. The van der Waals surface area contributed by atoms with Crippen LogP contribution in [-0.2, 0) is 14.6 Å². The first-order chi connectivity index (χ1) is 19.3. The van der Waals surface area contributed by atoms with Gasteiger partial charge in [0.05, 0.1) is 16.8 Å². The number of anilines is 3. The van der Waals surface area contributed by atoms with E-state index in [0.29, 0.717) is 28.0 Å². The molecular weight excluding hydrogens is 530 g/mol. The zero-order valence-electron chi connectivity index (χ0n) is 21.2. The minimum Gasteiger partial charge on any atom is -0.367 e. The van der Waals surface area contributed by atoms with Crippen LogP contribution in [0.3, 0.4) is 0 Å². The lowest BCUT2D eigenvalue weighted by Gasteiger charge is -2.12. The van der Waals surface area contributed by atoms with E-state index in [1.807, 2.05) is 30.3 Å². The second-order valence-electron chi connectivity index (χ2n) is 9.49. The molecular formula is C28H25N7O4S. The van der Waals surface area contributed by atoms with Gasteiger partial charge in [-0.2, -0.15) is 9.61 Å². The molecule has 2 aliphatic rings. The molecule has 0 bridgehead atoms. The molecule has 0 radical (unpaired) electrons. The number of imide groups is 1. The lowest BCUT2D eigenvalue weighted by Crippen LogP contribution is -2.22. The number of benzene rings is 2. The zero-order valence-corrected chi connectivity index (χ0v) is 22.0. The van der Waals surface area contributed by atoms with E-state index in [2.05, 4.69) is 26.4 Å². The highest BCUT2D eigenvalue weighted by molar-refractivity contribution is 7.91. The number of hydrogen-bond donors (Lipinski definition) is 4. The average Bonchev–Trinajstić information content (AvgIpc) is 3.58. The smallest absolute Gasteiger partial charge is 0.326 e. The van der Waals surface area contributed by atoms with Crippen LogP contribution in [0.4, 0.5) is 22.1 Å². The summed E-state index contributed by atoms with van der Waals surface area (Å²) >= 11 is 0. The number of sulfone groups is 1. The van der Waals surface area contributed by atoms with Crippen molar-refractivity contribution < 1.29 is 18.0 Å². The number of amides is 3. The molecule has 12 heteroatoms. The van der Waals surface area contributed by atoms with Crippen LogP contribution in [0.5, 0.6) is 0 Å². The molecule has 0 atom stereocenters. The second-order valence-corrected chi connectivity index (χ2v) is 11.5. The first-order valence-electron chi connectivity index (χ1n) is 12.6. The number of nitrogens with zero attached hydrogens (tertiary/aromatic N) is 3. The fourth-order valence-electron chi connectivity index (χ4n) is 4.18. The van der Waals surface area contributed by atoms with Crippen molar-refractivity contribution in [3.63, 3.8) is 0 Å². The van der Waals surface area contributed by atoms with Crippen LogP contribution in [0.15, 0.2) is 83.5 Å². The number of hydrogen-bond acceptors (Lipinski definition) is 8. The highest BCUT2D eigenvalue weighted by atomic mass is 32.2. The van der Waals surface area contributed by atoms with Gasteiger partial charge in [-0.3, -0.25) is 10.1 Å². The maximum absolute atomic E-state index is 12.5. The average molecular weight is 556 g/mol. The topological polar surface area (TPSA) is 147 Å². The van der Waals surface area contributed by atoms with Crippen molar-refractivity contribution in [1.29, 1.82) is 0 Å². The van der Waals surface area contributed by atoms with Crippen LogP contribution in [-0.4, -0.2) is 46.7 Å². The maximum Gasteiger partial charge on any atom is 0.326 e. The predicted octanol–water partition coefficient (Wildman–Crippen LogP) is 3.71. The van der Waals surface area contributed by atoms with Crippen molar-refractivity contribution in [2.24, 2.45) is 0 Å². The summed E-state index contributed by atoms with van der Waals surface area (Å²) in [5.74, 6) is 0.709. The number of carbonyl (C=O) groups is 2. The van der Waals surface area contributed by atoms with Crippen LogP contribution >= 0.6 is 0 Å². The van der Waals surface area contributed by atoms with E-state index in [0.717, 1.165) is 29.9 Å². The Hall–Kier alpha value is -4.97. The fourth-order valence-corrected chi connectivity index (χ4v) is 5.30. The lowest BCUT2D eigenvalue weighted by atomic mass is 10.2. The maximum atomic E-state index is 12.5. The number of urea groups is 1. The van der Waals surface area contributed by atoms with E-state index in [9.17, 15) is 18.0 Å². The molecule has 1 saturated carbocycles. The molecule has 0 unspecified atom stereocenters. The normalized spacial score (nSPS) is 16.4. The second kappa shape index (κ2) is 10.3. The largest absolute Gasteiger partial charge is 0.367 e. The van der Waals surface area contributed by atoms with Gasteiger partial charge in [-0.1, -0.05) is 42.5 Å². The molecule has 4 aromatic rings. The third-order valence-corrected chi connectivity index (χ3v) is 7.98. The highest BCUT2D eigenvalue weighted by Crippen LogP contribution is 2.28. The molecule has 1 saturated heterocycles. The van der Waals surface area contributed by atoms with Crippen molar-refractivity contribution >= 4 is 56.9 Å². The van der Waals surface area contributed by atoms with Crippen molar-refractivity contribution in [3.8, 4) is 0 Å². The summed E-state index contributed by atoms with van der Waals surface area (Å²) in [4.78, 5) is 28.5. The van der Waals surface area contributed by atoms with Crippen LogP contribution < -0.4 is 21.3 Å². The summed E-state index contributed by atoms with van der Waals surface area (Å²) in [6, 6.07) is 17.5. The molecule has 2 aromatic heterocycles. The summed E-state index contributed by atoms with van der Waals surface area (Å²) in [5.41, 5.74) is 2.84. The van der Waals surface area contributed by atoms with Gasteiger partial charge in [0.25, 0.3) is 5.91 Å². The van der Waals surface area contributed by atoms with Gasteiger partial charge in [0.1, 0.15) is 17.3 Å². The monoisotopic (exact) mass is 555 g/mol. The first-order valence-corrected chi connectivity index (χ1v) is 14.3. The number of carbonyl (C=O) groups excluding carboxylic acids is 2. The molecule has 0 spiro atoms. The minimum absolute atomic E-state index is 0.0904. The summed E-state index contributed by atoms with van der Waals surface area (Å²) in [5, 5.41) is 15.9. The van der Waals surface area contributed by atoms with Gasteiger partial charge in [0.15, 0.2) is 15.5 Å². The Balaban J connectivity index is 1.21. The molecule has 11 nitrogen and oxygen atoms in total. The van der Waals surface area contributed by atoms with E-state index in [4.69, 9.17) is 4.98 Å². The van der Waals surface area contributed by atoms with Crippen LogP contribution in [0.1, 0.15) is 24.0 Å². The Kier molecular flexibility index (Phi) is 6.52. The van der Waals surface area contributed by atoms with Crippen LogP contribution in [0, 0.1) is 0 Å². The Morgan fingerprint density at radius 1 is 1.02 bits per heavy atom. The Labute approximate surface area is 229 Å². The lowest BCUT2D eigenvalue weighted by molar-refractivity contribution is -0.115. The molecule has 202 valence electrons. The van der Waals surface area contributed by atoms with Crippen LogP contribution in [0.2, 0.25) is 0 Å². The molecule has 1 aliphatic heterocycles. The van der Waals surface area contributed by atoms with Gasteiger partial charge in [-0.05, 0) is 48.7 Å². The van der Waals surface area contributed by atoms with E-state index in [-0.39, 0.29) is 11.4 Å². The number of fused-ring (bicyclic) bond motifs is 1. The SMILES string of the molecule is O=C1NC(=O)/C(=C/c2cnn3c(NC4CC4)cc(Nc4ccc(/C=C/CS(=O)(=O)c5ccccc5)cc4)nc23)N1. The first kappa shape index (κ1) is 25.3. The standard InChI is InChI=1S/C28H25N7O4S/c36-27-23(32-28(37)34-27)15-19-17-29-35-25(31-21-12-13-21)16-24(33-26(19)35)30-20-10-8-18(9-11-20)5-4-14-40(38,39)22-6-2-1-3-7-22/h1-11,15-17,21,31H,12-14H2,(H,30,33)(H2,32,34,36,37)/b5-4+,23-15-.